The molecule has 112 valence electrons. The van der Waals surface area contributed by atoms with E-state index in [1.807, 2.05) is 11.8 Å². The third-order valence-corrected chi connectivity index (χ3v) is 4.21. The van der Waals surface area contributed by atoms with Crippen LogP contribution in [-0.2, 0) is 17.6 Å². The minimum atomic E-state index is 0.187. The molecule has 0 radical (unpaired) electrons. The van der Waals surface area contributed by atoms with Gasteiger partial charge >= 0.3 is 0 Å². The van der Waals surface area contributed by atoms with E-state index in [9.17, 15) is 4.79 Å². The van der Waals surface area contributed by atoms with Crippen molar-refractivity contribution < 1.29 is 4.79 Å². The van der Waals surface area contributed by atoms with Crippen molar-refractivity contribution in [1.82, 2.24) is 5.32 Å². The zero-order valence-electron chi connectivity index (χ0n) is 12.7. The Morgan fingerprint density at radius 2 is 2.19 bits per heavy atom. The molecule has 1 amide bonds. The molecule has 4 nitrogen and oxygen atoms in total. The van der Waals surface area contributed by atoms with Gasteiger partial charge in [0.25, 0.3) is 0 Å². The van der Waals surface area contributed by atoms with Crippen LogP contribution in [0.2, 0.25) is 0 Å². The summed E-state index contributed by atoms with van der Waals surface area (Å²) in [6.07, 6.45) is 5.01. The summed E-state index contributed by atoms with van der Waals surface area (Å²) in [5, 5.41) is 3.26. The first-order valence-corrected chi connectivity index (χ1v) is 7.97. The third-order valence-electron chi connectivity index (χ3n) is 4.21. The number of amidine groups is 1. The summed E-state index contributed by atoms with van der Waals surface area (Å²) >= 11 is 0. The van der Waals surface area contributed by atoms with Crippen LogP contribution in [0, 0.1) is 0 Å². The highest BCUT2D eigenvalue weighted by atomic mass is 16.2. The zero-order chi connectivity index (χ0) is 14.7. The lowest BCUT2D eigenvalue weighted by Crippen LogP contribution is -2.39. The monoisotopic (exact) mass is 285 g/mol. The lowest BCUT2D eigenvalue weighted by Gasteiger charge is -2.23. The summed E-state index contributed by atoms with van der Waals surface area (Å²) in [6, 6.07) is 6.48. The molecule has 1 aromatic rings. The predicted octanol–water partition coefficient (Wildman–Crippen LogP) is 2.31. The molecule has 2 aliphatic rings. The topological polar surface area (TPSA) is 44.7 Å². The van der Waals surface area contributed by atoms with E-state index >= 15 is 0 Å². The molecule has 0 aromatic heterocycles. The van der Waals surface area contributed by atoms with E-state index in [1.165, 1.54) is 24.0 Å². The molecule has 0 bridgehead atoms. The fraction of sp³-hybridized carbons (Fsp3) is 0.529. The first kappa shape index (κ1) is 14.1. The highest BCUT2D eigenvalue weighted by molar-refractivity contribution is 6.00. The fourth-order valence-electron chi connectivity index (χ4n) is 3.10. The van der Waals surface area contributed by atoms with Crippen LogP contribution in [0.3, 0.4) is 0 Å². The number of rotatable bonds is 5. The molecule has 1 aliphatic carbocycles. The number of nitrogens with one attached hydrogen (secondary N) is 1. The second kappa shape index (κ2) is 6.29. The van der Waals surface area contributed by atoms with Gasteiger partial charge < -0.3 is 10.2 Å². The summed E-state index contributed by atoms with van der Waals surface area (Å²) in [5.74, 6) is 1.12. The highest BCUT2D eigenvalue weighted by Gasteiger charge is 2.20. The van der Waals surface area contributed by atoms with Crippen molar-refractivity contribution in [2.75, 3.05) is 24.5 Å². The summed E-state index contributed by atoms with van der Waals surface area (Å²) in [5.41, 5.74) is 3.87. The Kier molecular flexibility index (Phi) is 4.23. The van der Waals surface area contributed by atoms with Crippen molar-refractivity contribution >= 4 is 17.4 Å². The number of hydrogen-bond acceptors (Lipinski definition) is 3. The Hall–Kier alpha value is -1.84. The van der Waals surface area contributed by atoms with E-state index < -0.39 is 0 Å². The molecule has 3 rings (SSSR count). The van der Waals surface area contributed by atoms with Crippen molar-refractivity contribution in [2.45, 2.75) is 39.0 Å². The van der Waals surface area contributed by atoms with Gasteiger partial charge in [-0.3, -0.25) is 9.79 Å². The molecular weight excluding hydrogens is 262 g/mol. The summed E-state index contributed by atoms with van der Waals surface area (Å²) in [7, 11) is 0. The van der Waals surface area contributed by atoms with Gasteiger partial charge in [0.1, 0.15) is 5.84 Å². The largest absolute Gasteiger partial charge is 0.370 e. The molecular formula is C17H23N3O. The quantitative estimate of drug-likeness (QED) is 0.902. The molecule has 0 saturated heterocycles. The first-order chi connectivity index (χ1) is 10.3. The van der Waals surface area contributed by atoms with Crippen LogP contribution in [0.4, 0.5) is 5.69 Å². The lowest BCUT2D eigenvalue weighted by molar-refractivity contribution is -0.118. The van der Waals surface area contributed by atoms with Gasteiger partial charge in [0.15, 0.2) is 0 Å². The number of fused-ring (bicyclic) bond motifs is 1. The zero-order valence-corrected chi connectivity index (χ0v) is 12.7. The number of hydrogen-bond donors (Lipinski definition) is 1. The van der Waals surface area contributed by atoms with Crippen LogP contribution in [-0.4, -0.2) is 31.4 Å². The Bertz CT molecular complexity index is 565. The third kappa shape index (κ3) is 3.09. The highest BCUT2D eigenvalue weighted by Crippen LogP contribution is 2.27. The van der Waals surface area contributed by atoms with E-state index in [0.29, 0.717) is 13.0 Å². The van der Waals surface area contributed by atoms with Gasteiger partial charge in [0, 0.05) is 18.7 Å². The predicted molar refractivity (Wildman–Crippen MR) is 86.0 cm³/mol. The maximum atomic E-state index is 12.5. The number of aliphatic imine (C=N–C) groups is 1. The maximum absolute atomic E-state index is 12.5. The van der Waals surface area contributed by atoms with Gasteiger partial charge in [0.2, 0.25) is 5.91 Å². The van der Waals surface area contributed by atoms with E-state index in [4.69, 9.17) is 0 Å². The Morgan fingerprint density at radius 1 is 1.33 bits per heavy atom. The number of benzene rings is 1. The van der Waals surface area contributed by atoms with Crippen molar-refractivity contribution in [3.63, 3.8) is 0 Å². The molecule has 21 heavy (non-hydrogen) atoms. The number of aryl methyl sites for hydroxylation is 2. The first-order valence-electron chi connectivity index (χ1n) is 7.97. The van der Waals surface area contributed by atoms with E-state index in [2.05, 4.69) is 28.5 Å². The summed E-state index contributed by atoms with van der Waals surface area (Å²) < 4.78 is 0. The molecule has 4 heteroatoms. The van der Waals surface area contributed by atoms with Crippen LogP contribution in [0.5, 0.6) is 0 Å². The van der Waals surface area contributed by atoms with Crippen LogP contribution in [0.25, 0.3) is 0 Å². The van der Waals surface area contributed by atoms with Gasteiger partial charge in [-0.15, -0.1) is 0 Å². The van der Waals surface area contributed by atoms with Crippen molar-refractivity contribution in [2.24, 2.45) is 4.99 Å². The molecule has 1 aromatic carbocycles. The van der Waals surface area contributed by atoms with E-state index in [1.54, 1.807) is 0 Å². The van der Waals surface area contributed by atoms with E-state index in [0.717, 1.165) is 37.5 Å². The number of carbonyl (C=O) groups excluding carboxylic acids is 1. The van der Waals surface area contributed by atoms with Gasteiger partial charge in [0.05, 0.1) is 13.1 Å². The van der Waals surface area contributed by atoms with Crippen LogP contribution in [0.1, 0.15) is 37.3 Å². The minimum absolute atomic E-state index is 0.187. The average molecular weight is 285 g/mol. The normalized spacial score (nSPS) is 16.3. The summed E-state index contributed by atoms with van der Waals surface area (Å²) in [6.45, 7) is 4.31. The van der Waals surface area contributed by atoms with Gasteiger partial charge in [-0.25, -0.2) is 0 Å². The molecule has 0 saturated carbocycles. The standard InChI is InChI=1S/C17H23N3O/c1-2-4-17(21)20(12-16-18-9-10-19-16)15-8-7-13-5-3-6-14(13)11-15/h7-8,11H,2-6,9-10,12H2,1H3,(H,18,19). The smallest absolute Gasteiger partial charge is 0.227 e. The van der Waals surface area contributed by atoms with Gasteiger partial charge in [-0.05, 0) is 48.9 Å². The van der Waals surface area contributed by atoms with Crippen molar-refractivity contribution in [3.8, 4) is 0 Å². The molecule has 0 fully saturated rings. The van der Waals surface area contributed by atoms with Gasteiger partial charge in [-0.1, -0.05) is 13.0 Å². The van der Waals surface area contributed by atoms with Crippen LogP contribution >= 0.6 is 0 Å². The molecule has 0 atom stereocenters. The second-order valence-electron chi connectivity index (χ2n) is 5.79. The Morgan fingerprint density at radius 3 is 2.95 bits per heavy atom. The number of nitrogens with zero attached hydrogens (tertiary/aromatic N) is 2. The number of anilines is 1. The molecule has 1 heterocycles. The average Bonchev–Trinajstić information content (AvgIpc) is 3.15. The Balaban J connectivity index is 1.84. The summed E-state index contributed by atoms with van der Waals surface area (Å²) in [4.78, 5) is 18.8. The van der Waals surface area contributed by atoms with Crippen molar-refractivity contribution in [3.05, 3.63) is 29.3 Å². The molecule has 1 N–H and O–H groups in total. The second-order valence-corrected chi connectivity index (χ2v) is 5.79. The maximum Gasteiger partial charge on any atom is 0.227 e. The van der Waals surface area contributed by atoms with Crippen molar-refractivity contribution in [1.29, 1.82) is 0 Å². The molecule has 1 aliphatic heterocycles. The van der Waals surface area contributed by atoms with Crippen LogP contribution < -0.4 is 10.2 Å². The Labute approximate surface area is 126 Å². The lowest BCUT2D eigenvalue weighted by atomic mass is 10.1. The SMILES string of the molecule is CCCC(=O)N(CC1=NCCN1)c1ccc2c(c1)CCC2. The number of amides is 1. The van der Waals surface area contributed by atoms with Crippen LogP contribution in [0.15, 0.2) is 23.2 Å². The fourth-order valence-corrected chi connectivity index (χ4v) is 3.10. The molecule has 0 unspecified atom stereocenters. The molecule has 0 spiro atoms. The minimum Gasteiger partial charge on any atom is -0.370 e. The number of carbonyl (C=O) groups is 1. The van der Waals surface area contributed by atoms with E-state index in [-0.39, 0.29) is 5.91 Å². The van der Waals surface area contributed by atoms with Gasteiger partial charge in [-0.2, -0.15) is 0 Å².